The lowest BCUT2D eigenvalue weighted by Crippen LogP contribution is -2.52. The quantitative estimate of drug-likeness (QED) is 0.757. The van der Waals surface area contributed by atoms with Crippen LogP contribution in [0.15, 0.2) is 30.3 Å². The maximum atomic E-state index is 9.50. The van der Waals surface area contributed by atoms with E-state index in [4.69, 9.17) is 4.74 Å². The summed E-state index contributed by atoms with van der Waals surface area (Å²) in [5.41, 5.74) is 3.47. The average molecular weight is 358 g/mol. The van der Waals surface area contributed by atoms with Crippen molar-refractivity contribution < 1.29 is 9.84 Å². The molecule has 2 N–H and O–H groups in total. The molecule has 1 aliphatic rings. The Morgan fingerprint density at radius 1 is 1.23 bits per heavy atom. The van der Waals surface area contributed by atoms with Crippen molar-refractivity contribution in [2.24, 2.45) is 0 Å². The predicted molar refractivity (Wildman–Crippen MR) is 102 cm³/mol. The van der Waals surface area contributed by atoms with E-state index in [9.17, 15) is 5.11 Å². The molecule has 0 amide bonds. The normalized spacial score (nSPS) is 19.0. The minimum absolute atomic E-state index is 0.222. The lowest BCUT2D eigenvalue weighted by atomic mass is 10.1. The number of aliphatic hydroxyl groups excluding tert-OH is 1. The lowest BCUT2D eigenvalue weighted by Gasteiger charge is -2.41. The fourth-order valence-electron chi connectivity index (χ4n) is 3.61. The van der Waals surface area contributed by atoms with Gasteiger partial charge in [0, 0.05) is 51.1 Å². The second-order valence-electron chi connectivity index (χ2n) is 6.99. The molecule has 0 bridgehead atoms. The summed E-state index contributed by atoms with van der Waals surface area (Å²) >= 11 is 0. The highest BCUT2D eigenvalue weighted by atomic mass is 16.5. The van der Waals surface area contributed by atoms with E-state index in [-0.39, 0.29) is 6.61 Å². The van der Waals surface area contributed by atoms with E-state index in [0.29, 0.717) is 12.6 Å². The molecular weight excluding hydrogens is 328 g/mol. The summed E-state index contributed by atoms with van der Waals surface area (Å²) in [5.74, 6) is 0.919. The van der Waals surface area contributed by atoms with Crippen molar-refractivity contribution in [1.82, 2.24) is 20.0 Å². The van der Waals surface area contributed by atoms with Crippen LogP contribution in [0.25, 0.3) is 0 Å². The highest BCUT2D eigenvalue weighted by Crippen LogP contribution is 2.20. The molecule has 0 saturated carbocycles. The molecule has 3 rings (SSSR count). The average Bonchev–Trinajstić information content (AvgIpc) is 3.04. The first-order chi connectivity index (χ1) is 12.7. The van der Waals surface area contributed by atoms with Gasteiger partial charge in [-0.25, -0.2) is 0 Å². The van der Waals surface area contributed by atoms with E-state index in [0.717, 1.165) is 56.3 Å². The highest BCUT2D eigenvalue weighted by molar-refractivity contribution is 5.27. The van der Waals surface area contributed by atoms with Crippen molar-refractivity contribution in [2.45, 2.75) is 39.4 Å². The summed E-state index contributed by atoms with van der Waals surface area (Å²) in [6.45, 7) is 9.69. The fraction of sp³-hybridized carbons (Fsp3) is 0.550. The van der Waals surface area contributed by atoms with Gasteiger partial charge in [0.1, 0.15) is 5.75 Å². The highest BCUT2D eigenvalue weighted by Gasteiger charge is 2.27. The van der Waals surface area contributed by atoms with Crippen LogP contribution >= 0.6 is 0 Å². The first-order valence-electron chi connectivity index (χ1n) is 9.48. The van der Waals surface area contributed by atoms with Gasteiger partial charge in [-0.2, -0.15) is 5.10 Å². The van der Waals surface area contributed by atoms with Crippen molar-refractivity contribution in [3.05, 3.63) is 47.3 Å². The number of aromatic amines is 1. The minimum atomic E-state index is 0.222. The summed E-state index contributed by atoms with van der Waals surface area (Å²) in [6.07, 6.45) is 0.799. The molecule has 6 heteroatoms. The maximum Gasteiger partial charge on any atom is 0.119 e. The summed E-state index contributed by atoms with van der Waals surface area (Å²) in [6, 6.07) is 10.8. The molecule has 1 aromatic carbocycles. The molecule has 1 saturated heterocycles. The van der Waals surface area contributed by atoms with Crippen LogP contribution in [0.3, 0.4) is 0 Å². The van der Waals surface area contributed by atoms with Crippen molar-refractivity contribution in [1.29, 1.82) is 0 Å². The van der Waals surface area contributed by atoms with E-state index in [1.54, 1.807) is 0 Å². The fourth-order valence-corrected chi connectivity index (χ4v) is 3.61. The third-order valence-electron chi connectivity index (χ3n) is 4.92. The van der Waals surface area contributed by atoms with Crippen LogP contribution in [0.4, 0.5) is 0 Å². The zero-order valence-electron chi connectivity index (χ0n) is 15.8. The number of nitrogens with one attached hydrogen (secondary N) is 1. The number of H-pyrrole nitrogens is 1. The zero-order chi connectivity index (χ0) is 18.4. The smallest absolute Gasteiger partial charge is 0.119 e. The summed E-state index contributed by atoms with van der Waals surface area (Å²) in [5, 5.41) is 16.9. The molecule has 6 nitrogen and oxygen atoms in total. The molecule has 0 spiro atoms. The first-order valence-corrected chi connectivity index (χ1v) is 9.48. The molecular formula is C20H30N4O2. The molecule has 2 aromatic rings. The van der Waals surface area contributed by atoms with Crippen LogP contribution in [-0.2, 0) is 13.1 Å². The van der Waals surface area contributed by atoms with E-state index in [1.165, 1.54) is 5.56 Å². The standard InChI is InChI=1S/C20H30N4O2/c1-3-26-20-6-4-17(5-7-20)13-24-10-9-23(15-19(24)8-11-25)14-18-12-16(2)21-22-18/h4-7,12,19,25H,3,8-11,13-15H2,1-2H3,(H,21,22). The number of nitrogens with zero attached hydrogens (tertiary/aromatic N) is 3. The summed E-state index contributed by atoms with van der Waals surface area (Å²) < 4.78 is 5.52. The number of ether oxygens (including phenoxy) is 1. The van der Waals surface area contributed by atoms with Gasteiger partial charge in [0.25, 0.3) is 0 Å². The Morgan fingerprint density at radius 3 is 2.69 bits per heavy atom. The molecule has 1 atom stereocenters. The number of hydrogen-bond acceptors (Lipinski definition) is 5. The van der Waals surface area contributed by atoms with Gasteiger partial charge in [-0.05, 0) is 44.0 Å². The Labute approximate surface area is 155 Å². The molecule has 1 aromatic heterocycles. The number of aryl methyl sites for hydroxylation is 1. The molecule has 1 fully saturated rings. The van der Waals surface area contributed by atoms with Gasteiger partial charge < -0.3 is 9.84 Å². The Hall–Kier alpha value is -1.89. The van der Waals surface area contributed by atoms with Gasteiger partial charge in [-0.15, -0.1) is 0 Å². The third-order valence-corrected chi connectivity index (χ3v) is 4.92. The largest absolute Gasteiger partial charge is 0.494 e. The van der Waals surface area contributed by atoms with Gasteiger partial charge in [0.05, 0.1) is 12.3 Å². The van der Waals surface area contributed by atoms with Crippen LogP contribution in [0.2, 0.25) is 0 Å². The van der Waals surface area contributed by atoms with E-state index < -0.39 is 0 Å². The predicted octanol–water partition coefficient (Wildman–Crippen LogP) is 2.19. The molecule has 1 unspecified atom stereocenters. The Kier molecular flexibility index (Phi) is 6.66. The summed E-state index contributed by atoms with van der Waals surface area (Å²) in [7, 11) is 0. The van der Waals surface area contributed by atoms with Gasteiger partial charge in [-0.3, -0.25) is 14.9 Å². The summed E-state index contributed by atoms with van der Waals surface area (Å²) in [4.78, 5) is 4.92. The van der Waals surface area contributed by atoms with E-state index in [1.807, 2.05) is 26.0 Å². The number of rotatable bonds is 8. The number of piperazine rings is 1. The second-order valence-corrected chi connectivity index (χ2v) is 6.99. The monoisotopic (exact) mass is 358 g/mol. The molecule has 2 heterocycles. The van der Waals surface area contributed by atoms with Crippen molar-refractivity contribution in [2.75, 3.05) is 32.8 Å². The van der Waals surface area contributed by atoms with Crippen LogP contribution in [0, 0.1) is 6.92 Å². The van der Waals surface area contributed by atoms with Gasteiger partial charge in [0.15, 0.2) is 0 Å². The Morgan fingerprint density at radius 2 is 2.04 bits per heavy atom. The molecule has 0 radical (unpaired) electrons. The topological polar surface area (TPSA) is 64.6 Å². The Bertz CT molecular complexity index is 671. The molecule has 142 valence electrons. The number of aromatic nitrogens is 2. The van der Waals surface area contributed by atoms with Crippen LogP contribution in [0.1, 0.15) is 30.3 Å². The third kappa shape index (κ3) is 5.06. The van der Waals surface area contributed by atoms with Crippen molar-refractivity contribution in [3.63, 3.8) is 0 Å². The van der Waals surface area contributed by atoms with Crippen molar-refractivity contribution in [3.8, 4) is 5.75 Å². The molecule has 0 aliphatic carbocycles. The Balaban J connectivity index is 1.59. The SMILES string of the molecule is CCOc1ccc(CN2CCN(Cc3cc(C)[nH]n3)CC2CCO)cc1. The van der Waals surface area contributed by atoms with Crippen LogP contribution in [-0.4, -0.2) is 64.0 Å². The zero-order valence-corrected chi connectivity index (χ0v) is 15.8. The second kappa shape index (κ2) is 9.16. The number of benzene rings is 1. The van der Waals surface area contributed by atoms with Gasteiger partial charge in [-0.1, -0.05) is 12.1 Å². The number of aliphatic hydroxyl groups is 1. The van der Waals surface area contributed by atoms with E-state index >= 15 is 0 Å². The first kappa shape index (κ1) is 18.9. The van der Waals surface area contributed by atoms with Gasteiger partial charge in [0.2, 0.25) is 0 Å². The minimum Gasteiger partial charge on any atom is -0.494 e. The van der Waals surface area contributed by atoms with Crippen LogP contribution in [0.5, 0.6) is 5.75 Å². The van der Waals surface area contributed by atoms with Crippen molar-refractivity contribution >= 4 is 0 Å². The van der Waals surface area contributed by atoms with Crippen LogP contribution < -0.4 is 4.74 Å². The van der Waals surface area contributed by atoms with Gasteiger partial charge >= 0.3 is 0 Å². The maximum absolute atomic E-state index is 9.50. The lowest BCUT2D eigenvalue weighted by molar-refractivity contribution is 0.0494. The number of hydrogen-bond donors (Lipinski definition) is 2. The molecule has 26 heavy (non-hydrogen) atoms. The van der Waals surface area contributed by atoms with E-state index in [2.05, 4.69) is 38.2 Å². The molecule has 1 aliphatic heterocycles.